The van der Waals surface area contributed by atoms with Gasteiger partial charge in [0.1, 0.15) is 10.8 Å². The summed E-state index contributed by atoms with van der Waals surface area (Å²) in [6.07, 6.45) is 0. The van der Waals surface area contributed by atoms with E-state index in [-0.39, 0.29) is 16.3 Å². The predicted octanol–water partition coefficient (Wildman–Crippen LogP) is 4.19. The van der Waals surface area contributed by atoms with E-state index in [0.717, 1.165) is 35.4 Å². The predicted molar refractivity (Wildman–Crippen MR) is 116 cm³/mol. The number of carbonyl (C=O) groups excluding carboxylic acids is 1. The topological polar surface area (TPSA) is 97.6 Å². The fourth-order valence-electron chi connectivity index (χ4n) is 3.41. The van der Waals surface area contributed by atoms with Crippen LogP contribution in [0, 0.1) is 17.0 Å². The minimum atomic E-state index is -0.615. The van der Waals surface area contributed by atoms with Crippen LogP contribution in [0.3, 0.4) is 0 Å². The molecule has 30 heavy (non-hydrogen) atoms. The maximum absolute atomic E-state index is 12.6. The largest absolute Gasteiger partial charge is 0.378 e. The number of morpholine rings is 1. The van der Waals surface area contributed by atoms with Crippen molar-refractivity contribution in [1.82, 2.24) is 4.98 Å². The van der Waals surface area contributed by atoms with Crippen molar-refractivity contribution in [2.24, 2.45) is 0 Å². The molecule has 1 saturated heterocycles. The number of nitro benzene ring substituents is 1. The van der Waals surface area contributed by atoms with Gasteiger partial charge in [-0.25, -0.2) is 4.98 Å². The first-order chi connectivity index (χ1) is 14.4. The number of pyridine rings is 1. The Morgan fingerprint density at radius 1 is 1.20 bits per heavy atom. The zero-order chi connectivity index (χ0) is 21.3. The number of aryl methyl sites for hydroxylation is 1. The lowest BCUT2D eigenvalue weighted by atomic mass is 10.1. The number of nitrogens with zero attached hydrogens (tertiary/aromatic N) is 3. The van der Waals surface area contributed by atoms with Crippen molar-refractivity contribution in [2.45, 2.75) is 6.92 Å². The maximum Gasteiger partial charge on any atom is 0.288 e. The molecule has 1 amide bonds. The molecule has 8 nitrogen and oxygen atoms in total. The Bertz CT molecular complexity index is 1150. The van der Waals surface area contributed by atoms with E-state index < -0.39 is 10.8 Å². The molecule has 1 aromatic heterocycles. The molecule has 3 aromatic rings. The van der Waals surface area contributed by atoms with Crippen LogP contribution in [-0.4, -0.2) is 42.1 Å². The van der Waals surface area contributed by atoms with Crippen LogP contribution in [0.1, 0.15) is 15.9 Å². The summed E-state index contributed by atoms with van der Waals surface area (Å²) in [5, 5.41) is 14.7. The summed E-state index contributed by atoms with van der Waals surface area (Å²) in [5.41, 5.74) is 2.30. The Morgan fingerprint density at radius 3 is 2.70 bits per heavy atom. The highest BCUT2D eigenvalue weighted by Gasteiger charge is 2.17. The van der Waals surface area contributed by atoms with Gasteiger partial charge in [0.25, 0.3) is 11.6 Å². The number of ether oxygens (including phenoxy) is 1. The summed E-state index contributed by atoms with van der Waals surface area (Å²) >= 11 is 5.82. The molecule has 0 spiro atoms. The normalized spacial score (nSPS) is 14.0. The zero-order valence-corrected chi connectivity index (χ0v) is 17.0. The fourth-order valence-corrected chi connectivity index (χ4v) is 3.59. The molecule has 1 N–H and O–H groups in total. The highest BCUT2D eigenvalue weighted by molar-refractivity contribution is 6.32. The van der Waals surface area contributed by atoms with E-state index in [0.29, 0.717) is 18.9 Å². The standard InChI is InChI=1S/C21H19ClN4O4/c1-13-10-20(25-6-8-30-9-7-25)24-18-5-3-15(12-16(13)18)23-21(27)14-2-4-17(22)19(11-14)26(28)29/h2-5,10-12H,6-9H2,1H3,(H,23,27). The molecular weight excluding hydrogens is 408 g/mol. The number of hydrogen-bond acceptors (Lipinski definition) is 6. The molecule has 9 heteroatoms. The van der Waals surface area contributed by atoms with Crippen LogP contribution >= 0.6 is 11.6 Å². The number of rotatable bonds is 4. The number of amides is 1. The molecule has 0 saturated carbocycles. The Morgan fingerprint density at radius 2 is 1.97 bits per heavy atom. The van der Waals surface area contributed by atoms with Crippen LogP contribution in [0.5, 0.6) is 0 Å². The summed E-state index contributed by atoms with van der Waals surface area (Å²) in [4.78, 5) is 29.9. The van der Waals surface area contributed by atoms with Crippen LogP contribution in [0.25, 0.3) is 10.9 Å². The molecule has 4 rings (SSSR count). The average Bonchev–Trinajstić information content (AvgIpc) is 2.74. The Balaban J connectivity index is 1.59. The van der Waals surface area contributed by atoms with Crippen molar-refractivity contribution in [1.29, 1.82) is 0 Å². The second-order valence-corrected chi connectivity index (χ2v) is 7.41. The van der Waals surface area contributed by atoms with E-state index in [2.05, 4.69) is 10.2 Å². The molecule has 1 aliphatic rings. The lowest BCUT2D eigenvalue weighted by Crippen LogP contribution is -2.36. The zero-order valence-electron chi connectivity index (χ0n) is 16.2. The molecular formula is C21H19ClN4O4. The molecule has 0 unspecified atom stereocenters. The maximum atomic E-state index is 12.6. The summed E-state index contributed by atoms with van der Waals surface area (Å²) in [7, 11) is 0. The van der Waals surface area contributed by atoms with Crippen molar-refractivity contribution in [3.63, 3.8) is 0 Å². The van der Waals surface area contributed by atoms with Crippen molar-refractivity contribution in [3.05, 3.63) is 68.7 Å². The molecule has 1 fully saturated rings. The van der Waals surface area contributed by atoms with Gasteiger partial charge in [-0.15, -0.1) is 0 Å². The summed E-state index contributed by atoms with van der Waals surface area (Å²) < 4.78 is 5.40. The van der Waals surface area contributed by atoms with Crippen LogP contribution < -0.4 is 10.2 Å². The first-order valence-corrected chi connectivity index (χ1v) is 9.79. The van der Waals surface area contributed by atoms with Gasteiger partial charge in [-0.3, -0.25) is 14.9 Å². The quantitative estimate of drug-likeness (QED) is 0.496. The van der Waals surface area contributed by atoms with E-state index in [9.17, 15) is 14.9 Å². The number of benzene rings is 2. The van der Waals surface area contributed by atoms with Crippen molar-refractivity contribution in [3.8, 4) is 0 Å². The second-order valence-electron chi connectivity index (χ2n) is 7.01. The van der Waals surface area contributed by atoms with Crippen molar-refractivity contribution < 1.29 is 14.5 Å². The average molecular weight is 427 g/mol. The van der Waals surface area contributed by atoms with Gasteiger partial charge in [0.2, 0.25) is 0 Å². The minimum Gasteiger partial charge on any atom is -0.378 e. The number of nitro groups is 1. The Hall–Kier alpha value is -3.23. The summed E-state index contributed by atoms with van der Waals surface area (Å²) in [5.74, 6) is 0.457. The number of anilines is 2. The molecule has 0 atom stereocenters. The lowest BCUT2D eigenvalue weighted by Gasteiger charge is -2.28. The van der Waals surface area contributed by atoms with Gasteiger partial charge in [0.15, 0.2) is 0 Å². The second kappa shape index (κ2) is 8.25. The Kier molecular flexibility index (Phi) is 5.52. The van der Waals surface area contributed by atoms with E-state index in [1.807, 2.05) is 25.1 Å². The number of aromatic nitrogens is 1. The smallest absolute Gasteiger partial charge is 0.288 e. The van der Waals surface area contributed by atoms with Gasteiger partial charge >= 0.3 is 0 Å². The molecule has 2 heterocycles. The highest BCUT2D eigenvalue weighted by atomic mass is 35.5. The van der Waals surface area contributed by atoms with E-state index >= 15 is 0 Å². The number of halogens is 1. The van der Waals surface area contributed by atoms with Gasteiger partial charge < -0.3 is 15.0 Å². The molecule has 0 aliphatic carbocycles. The number of fused-ring (bicyclic) bond motifs is 1. The summed E-state index contributed by atoms with van der Waals surface area (Å²) in [6, 6.07) is 11.5. The third-order valence-corrected chi connectivity index (χ3v) is 5.32. The fraction of sp³-hybridized carbons (Fsp3) is 0.238. The van der Waals surface area contributed by atoms with Crippen LogP contribution in [-0.2, 0) is 4.74 Å². The van der Waals surface area contributed by atoms with Crippen molar-refractivity contribution >= 4 is 45.6 Å². The van der Waals surface area contributed by atoms with Crippen LogP contribution in [0.15, 0.2) is 42.5 Å². The van der Waals surface area contributed by atoms with E-state index in [4.69, 9.17) is 21.3 Å². The van der Waals surface area contributed by atoms with Crippen molar-refractivity contribution in [2.75, 3.05) is 36.5 Å². The molecule has 0 radical (unpaired) electrons. The van der Waals surface area contributed by atoms with Gasteiger partial charge in [-0.2, -0.15) is 0 Å². The third-order valence-electron chi connectivity index (χ3n) is 5.00. The number of hydrogen-bond donors (Lipinski definition) is 1. The van der Waals surface area contributed by atoms with Crippen LogP contribution in [0.4, 0.5) is 17.2 Å². The minimum absolute atomic E-state index is 0.0139. The van der Waals surface area contributed by atoms with Gasteiger partial charge in [0, 0.05) is 35.8 Å². The van der Waals surface area contributed by atoms with Gasteiger partial charge in [-0.05, 0) is 48.9 Å². The first-order valence-electron chi connectivity index (χ1n) is 9.42. The van der Waals surface area contributed by atoms with E-state index in [1.54, 1.807) is 6.07 Å². The SMILES string of the molecule is Cc1cc(N2CCOCC2)nc2ccc(NC(=O)c3ccc(Cl)c([N+](=O)[O-])c3)cc12. The number of nitrogens with one attached hydrogen (secondary N) is 1. The monoisotopic (exact) mass is 426 g/mol. The van der Waals surface area contributed by atoms with Gasteiger partial charge in [0.05, 0.1) is 23.7 Å². The molecule has 0 bridgehead atoms. The highest BCUT2D eigenvalue weighted by Crippen LogP contribution is 2.28. The molecule has 1 aliphatic heterocycles. The van der Waals surface area contributed by atoms with Gasteiger partial charge in [-0.1, -0.05) is 11.6 Å². The lowest BCUT2D eigenvalue weighted by molar-refractivity contribution is -0.384. The van der Waals surface area contributed by atoms with Crippen LogP contribution in [0.2, 0.25) is 5.02 Å². The number of carbonyl (C=O) groups is 1. The molecule has 2 aromatic carbocycles. The first kappa shape index (κ1) is 20.1. The molecule has 154 valence electrons. The Labute approximate surface area is 177 Å². The third kappa shape index (κ3) is 4.05. The summed E-state index contributed by atoms with van der Waals surface area (Å²) in [6.45, 7) is 4.99. The van der Waals surface area contributed by atoms with E-state index in [1.165, 1.54) is 18.2 Å².